The summed E-state index contributed by atoms with van der Waals surface area (Å²) >= 11 is 0. The molecule has 0 fully saturated rings. The smallest absolute Gasteiger partial charge is 0.0193 e. The minimum atomic E-state index is 0. The zero-order valence-corrected chi connectivity index (χ0v) is 16.2. The van der Waals surface area contributed by atoms with Gasteiger partial charge in [0.15, 0.2) is 0 Å². The van der Waals surface area contributed by atoms with Crippen molar-refractivity contribution in [3.05, 3.63) is 48.0 Å². The van der Waals surface area contributed by atoms with Gasteiger partial charge < -0.3 is 0 Å². The van der Waals surface area contributed by atoms with Crippen molar-refractivity contribution in [1.29, 1.82) is 0 Å². The van der Waals surface area contributed by atoms with Gasteiger partial charge in [0.25, 0.3) is 0 Å². The summed E-state index contributed by atoms with van der Waals surface area (Å²) in [5.41, 5.74) is 1.45. The molecule has 0 nitrogen and oxygen atoms in total. The molecule has 0 aliphatic carbocycles. The van der Waals surface area contributed by atoms with Gasteiger partial charge in [-0.05, 0) is 36.7 Å². The summed E-state index contributed by atoms with van der Waals surface area (Å²) in [4.78, 5) is 0. The van der Waals surface area contributed by atoms with Gasteiger partial charge in [-0.15, -0.1) is 0 Å². The fourth-order valence-electron chi connectivity index (χ4n) is 1.64. The molecule has 1 aromatic carbocycles. The molecule has 176 valence electrons. The van der Waals surface area contributed by atoms with Crippen molar-refractivity contribution in [2.75, 3.05) is 0 Å². The minimum Gasteiger partial charge on any atom is -0.0888 e. The highest BCUT2D eigenvalue weighted by Gasteiger charge is 1.98. The van der Waals surface area contributed by atoms with Crippen molar-refractivity contribution in [2.24, 2.45) is 5.92 Å². The lowest BCUT2D eigenvalue weighted by molar-refractivity contribution is 0.544. The average molecular weight is 401 g/mol. The zero-order valence-electron chi connectivity index (χ0n) is 16.2. The van der Waals surface area contributed by atoms with E-state index in [9.17, 15) is 0 Å². The molecule has 0 saturated heterocycles. The fourth-order valence-corrected chi connectivity index (χ4v) is 1.64. The Bertz CT molecular complexity index is 313. The van der Waals surface area contributed by atoms with Crippen LogP contribution in [-0.2, 0) is 0 Å². The molecule has 0 saturated carbocycles. The summed E-state index contributed by atoms with van der Waals surface area (Å²) < 4.78 is 0. The van der Waals surface area contributed by atoms with Crippen LogP contribution >= 0.6 is 0 Å². The Kier molecular flexibility index (Phi) is 73.3. The molecule has 1 atom stereocenters. The Balaban J connectivity index is -0.0000000337. The molecule has 0 heteroatoms. The van der Waals surface area contributed by atoms with Crippen LogP contribution in [0.15, 0.2) is 42.5 Å². The molecule has 1 aromatic rings. The lowest BCUT2D eigenvalue weighted by Gasteiger charge is -2.06. The van der Waals surface area contributed by atoms with Gasteiger partial charge in [0.05, 0.1) is 0 Å². The second-order valence-electron chi connectivity index (χ2n) is 5.93. The summed E-state index contributed by atoms with van der Waals surface area (Å²) in [6.07, 6.45) is 10.6. The molecule has 0 radical (unpaired) electrons. The summed E-state index contributed by atoms with van der Waals surface area (Å²) in [5.74, 6) is 1.64. The van der Waals surface area contributed by atoms with Crippen LogP contribution in [0.25, 0.3) is 0 Å². The third kappa shape index (κ3) is 36.0. The highest BCUT2D eigenvalue weighted by Crippen LogP contribution is 2.16. The summed E-state index contributed by atoms with van der Waals surface area (Å²) in [5, 5.41) is 0. The van der Waals surface area contributed by atoms with Crippen molar-refractivity contribution in [2.45, 2.75) is 131 Å². The molecule has 0 aliphatic rings. The Hall–Kier alpha value is -1.04. The van der Waals surface area contributed by atoms with Gasteiger partial charge in [-0.1, -0.05) is 148 Å². The first kappa shape index (κ1) is 50.5. The van der Waals surface area contributed by atoms with Crippen LogP contribution in [0.1, 0.15) is 137 Å². The fraction of sp³-hybridized carbons (Fsp3) is 0.714. The first-order chi connectivity index (χ1) is 10.6. The van der Waals surface area contributed by atoms with Crippen molar-refractivity contribution in [1.82, 2.24) is 0 Å². The van der Waals surface area contributed by atoms with E-state index in [1.54, 1.807) is 0 Å². The quantitative estimate of drug-likeness (QED) is 0.416. The van der Waals surface area contributed by atoms with Crippen LogP contribution in [0.2, 0.25) is 0 Å². The molecular formula is C28H64. The van der Waals surface area contributed by atoms with Crippen LogP contribution in [-0.4, -0.2) is 0 Å². The second kappa shape index (κ2) is 40.6. The maximum absolute atomic E-state index is 2.28. The first-order valence-corrected chi connectivity index (χ1v) is 9.26. The van der Waals surface area contributed by atoms with Crippen molar-refractivity contribution < 1.29 is 0 Å². The van der Waals surface area contributed by atoms with Crippen LogP contribution in [0.5, 0.6) is 0 Å². The highest BCUT2D eigenvalue weighted by atomic mass is 14.0. The molecule has 0 spiro atoms. The molecule has 0 bridgehead atoms. The van der Waals surface area contributed by atoms with Crippen LogP contribution in [0.3, 0.4) is 0 Å². The van der Waals surface area contributed by atoms with Crippen molar-refractivity contribution in [3.63, 3.8) is 0 Å². The highest BCUT2D eigenvalue weighted by molar-refractivity contribution is 5.18. The lowest BCUT2D eigenvalue weighted by atomic mass is 9.99. The molecule has 0 amide bonds. The van der Waals surface area contributed by atoms with Crippen molar-refractivity contribution >= 4 is 0 Å². The maximum atomic E-state index is 2.28. The zero-order chi connectivity index (χ0) is 17.2. The van der Waals surface area contributed by atoms with Crippen LogP contribution in [0, 0.1) is 5.92 Å². The molecule has 28 heavy (non-hydrogen) atoms. The van der Waals surface area contributed by atoms with Gasteiger partial charge in [0, 0.05) is 0 Å². The maximum Gasteiger partial charge on any atom is -0.0193 e. The SMILES string of the molecule is C.C.C.C.C.C.CCC(C)CC.CCC(C)c1ccccc1.CCC=CCC. The Labute approximate surface area is 185 Å². The Morgan fingerprint density at radius 2 is 0.964 bits per heavy atom. The van der Waals surface area contributed by atoms with E-state index >= 15 is 0 Å². The predicted octanol–water partition coefficient (Wildman–Crippen LogP) is 11.8. The number of rotatable bonds is 6. The topological polar surface area (TPSA) is 0 Å². The third-order valence-electron chi connectivity index (χ3n) is 4.01. The molecule has 0 aliphatic heterocycles. The summed E-state index contributed by atoms with van der Waals surface area (Å²) in [6, 6.07) is 10.6. The molecule has 0 heterocycles. The lowest BCUT2D eigenvalue weighted by Crippen LogP contribution is -1.88. The third-order valence-corrected chi connectivity index (χ3v) is 4.01. The van der Waals surface area contributed by atoms with Gasteiger partial charge in [-0.3, -0.25) is 0 Å². The van der Waals surface area contributed by atoms with Crippen LogP contribution in [0.4, 0.5) is 0 Å². The number of allylic oxidation sites excluding steroid dienone is 2. The van der Waals surface area contributed by atoms with E-state index < -0.39 is 0 Å². The van der Waals surface area contributed by atoms with Gasteiger partial charge in [-0.25, -0.2) is 0 Å². The van der Waals surface area contributed by atoms with E-state index in [0.29, 0.717) is 5.92 Å². The monoisotopic (exact) mass is 401 g/mol. The first-order valence-electron chi connectivity index (χ1n) is 9.26. The molecular weight excluding hydrogens is 336 g/mol. The Morgan fingerprint density at radius 1 is 0.607 bits per heavy atom. The van der Waals surface area contributed by atoms with E-state index in [1.165, 1.54) is 37.7 Å². The molecule has 0 N–H and O–H groups in total. The molecule has 1 unspecified atom stereocenters. The van der Waals surface area contributed by atoms with E-state index in [-0.39, 0.29) is 44.6 Å². The summed E-state index contributed by atoms with van der Waals surface area (Å²) in [6.45, 7) is 15.5. The summed E-state index contributed by atoms with van der Waals surface area (Å²) in [7, 11) is 0. The molecule has 1 rings (SSSR count). The van der Waals surface area contributed by atoms with E-state index in [2.05, 4.69) is 91.0 Å². The van der Waals surface area contributed by atoms with E-state index in [1.807, 2.05) is 0 Å². The number of hydrogen-bond acceptors (Lipinski definition) is 0. The van der Waals surface area contributed by atoms with Gasteiger partial charge in [0.1, 0.15) is 0 Å². The molecule has 0 aromatic heterocycles. The normalized spacial score (nSPS) is 9.00. The average Bonchev–Trinajstić information content (AvgIpc) is 2.60. The predicted molar refractivity (Wildman–Crippen MR) is 145 cm³/mol. The van der Waals surface area contributed by atoms with E-state index in [0.717, 1.165) is 5.92 Å². The number of benzene rings is 1. The standard InChI is InChI=1S/C10H14.C6H14.C6H12.6CH4/c1-3-9(2)10-7-5-4-6-8-10;1-4-6(3)5-2;1-3-5-6-4-2;;;;;;/h4-9H,3H2,1-2H3;6H,4-5H2,1-3H3;5-6H,3-4H2,1-2H3;6*1H4. The van der Waals surface area contributed by atoms with Gasteiger partial charge >= 0.3 is 0 Å². The Morgan fingerprint density at radius 3 is 1.18 bits per heavy atom. The van der Waals surface area contributed by atoms with E-state index in [4.69, 9.17) is 0 Å². The minimum absolute atomic E-state index is 0. The number of hydrogen-bond donors (Lipinski definition) is 0. The van der Waals surface area contributed by atoms with Gasteiger partial charge in [0.2, 0.25) is 0 Å². The largest absolute Gasteiger partial charge is 0.0888 e. The second-order valence-corrected chi connectivity index (χ2v) is 5.93. The van der Waals surface area contributed by atoms with Crippen molar-refractivity contribution in [3.8, 4) is 0 Å². The van der Waals surface area contributed by atoms with Crippen LogP contribution < -0.4 is 0 Å². The van der Waals surface area contributed by atoms with Gasteiger partial charge in [-0.2, -0.15) is 0 Å².